The van der Waals surface area contributed by atoms with Crippen molar-refractivity contribution in [1.29, 1.82) is 0 Å². The molecule has 0 fully saturated rings. The summed E-state index contributed by atoms with van der Waals surface area (Å²) in [6.07, 6.45) is 1.95. The quantitative estimate of drug-likeness (QED) is 0.499. The molecule has 0 aliphatic carbocycles. The second-order valence-electron chi connectivity index (χ2n) is 8.33. The number of ether oxygens (including phenoxy) is 1. The van der Waals surface area contributed by atoms with Crippen LogP contribution in [0.2, 0.25) is 0 Å². The van der Waals surface area contributed by atoms with E-state index in [-0.39, 0.29) is 17.6 Å². The molecule has 4 heteroatoms. The molecule has 0 bridgehead atoms. The van der Waals surface area contributed by atoms with E-state index in [0.717, 1.165) is 29.0 Å². The standard InChI is InChI=1S/C23H29NO3/c1-5-6-11-27-21-18-12-16-9-7-8-10-17(16)13-19(18)22(26)24(20(21)14-25)15-23(2,3)4/h7-10,12-13,25H,5-6,11,14-15H2,1-4H3. The molecule has 3 rings (SSSR count). The van der Waals surface area contributed by atoms with Crippen LogP contribution in [0.5, 0.6) is 5.75 Å². The van der Waals surface area contributed by atoms with Crippen LogP contribution in [0.15, 0.2) is 41.2 Å². The van der Waals surface area contributed by atoms with Crippen molar-refractivity contribution in [3.8, 4) is 5.75 Å². The fraction of sp³-hybridized carbons (Fsp3) is 0.435. The van der Waals surface area contributed by atoms with Gasteiger partial charge in [0.15, 0.2) is 0 Å². The molecule has 0 radical (unpaired) electrons. The zero-order valence-corrected chi connectivity index (χ0v) is 16.7. The SMILES string of the molecule is CCCCOc1c(CO)n(CC(C)(C)C)c(=O)c2cc3ccccc3cc12. The van der Waals surface area contributed by atoms with E-state index < -0.39 is 0 Å². The van der Waals surface area contributed by atoms with Gasteiger partial charge in [0, 0.05) is 11.9 Å². The van der Waals surface area contributed by atoms with Gasteiger partial charge in [0.25, 0.3) is 5.56 Å². The summed E-state index contributed by atoms with van der Waals surface area (Å²) in [6, 6.07) is 12.0. The van der Waals surface area contributed by atoms with E-state index >= 15 is 0 Å². The van der Waals surface area contributed by atoms with Crippen LogP contribution in [-0.4, -0.2) is 16.3 Å². The number of pyridine rings is 1. The van der Waals surface area contributed by atoms with Crippen LogP contribution < -0.4 is 10.3 Å². The Labute approximate surface area is 160 Å². The Balaban J connectivity index is 2.35. The van der Waals surface area contributed by atoms with Gasteiger partial charge in [-0.1, -0.05) is 58.4 Å². The molecule has 4 nitrogen and oxygen atoms in total. The predicted octanol–water partition coefficient (Wildman–Crippen LogP) is 4.87. The molecule has 2 aromatic carbocycles. The van der Waals surface area contributed by atoms with Crippen LogP contribution in [0.4, 0.5) is 0 Å². The molecule has 144 valence electrons. The number of nitrogens with zero attached hydrogens (tertiary/aromatic N) is 1. The summed E-state index contributed by atoms with van der Waals surface area (Å²) in [6.45, 7) is 9.24. The highest BCUT2D eigenvalue weighted by Gasteiger charge is 2.22. The zero-order valence-electron chi connectivity index (χ0n) is 16.7. The van der Waals surface area contributed by atoms with Crippen LogP contribution in [-0.2, 0) is 13.2 Å². The molecule has 1 aromatic heterocycles. The van der Waals surface area contributed by atoms with Crippen molar-refractivity contribution in [2.75, 3.05) is 6.61 Å². The maximum atomic E-state index is 13.3. The van der Waals surface area contributed by atoms with Crippen molar-refractivity contribution in [2.24, 2.45) is 5.41 Å². The summed E-state index contributed by atoms with van der Waals surface area (Å²) >= 11 is 0. The second kappa shape index (κ2) is 7.73. The number of benzene rings is 2. The third-order valence-electron chi connectivity index (χ3n) is 4.72. The van der Waals surface area contributed by atoms with E-state index in [2.05, 4.69) is 27.7 Å². The normalized spacial score (nSPS) is 12.0. The Morgan fingerprint density at radius 1 is 1.07 bits per heavy atom. The van der Waals surface area contributed by atoms with Gasteiger partial charge in [0.1, 0.15) is 5.75 Å². The van der Waals surface area contributed by atoms with Gasteiger partial charge < -0.3 is 14.4 Å². The number of fused-ring (bicyclic) bond motifs is 2. The lowest BCUT2D eigenvalue weighted by molar-refractivity contribution is 0.237. The number of hydrogen-bond acceptors (Lipinski definition) is 3. The van der Waals surface area contributed by atoms with E-state index in [1.807, 2.05) is 36.4 Å². The molecule has 0 amide bonds. The lowest BCUT2D eigenvalue weighted by Gasteiger charge is -2.25. The molecule has 0 saturated heterocycles. The number of hydrogen-bond donors (Lipinski definition) is 1. The minimum Gasteiger partial charge on any atom is -0.491 e. The Morgan fingerprint density at radius 2 is 1.70 bits per heavy atom. The van der Waals surface area contributed by atoms with Crippen LogP contribution in [0, 0.1) is 5.41 Å². The Hall–Kier alpha value is -2.33. The molecule has 0 unspecified atom stereocenters. The highest BCUT2D eigenvalue weighted by Crippen LogP contribution is 2.32. The molecule has 27 heavy (non-hydrogen) atoms. The van der Waals surface area contributed by atoms with Crippen LogP contribution in [0.1, 0.15) is 46.2 Å². The molecule has 0 aliphatic rings. The minimum absolute atomic E-state index is 0.0717. The van der Waals surface area contributed by atoms with Crippen molar-refractivity contribution in [1.82, 2.24) is 4.57 Å². The van der Waals surface area contributed by atoms with E-state index in [1.54, 1.807) is 4.57 Å². The van der Waals surface area contributed by atoms with Crippen LogP contribution in [0.3, 0.4) is 0 Å². The molecule has 0 saturated carbocycles. The largest absolute Gasteiger partial charge is 0.491 e. The molecule has 0 aliphatic heterocycles. The van der Waals surface area contributed by atoms with Crippen molar-refractivity contribution in [3.05, 3.63) is 52.4 Å². The first-order chi connectivity index (χ1) is 12.9. The summed E-state index contributed by atoms with van der Waals surface area (Å²) in [5.41, 5.74) is 0.394. The Morgan fingerprint density at radius 3 is 2.26 bits per heavy atom. The lowest BCUT2D eigenvalue weighted by atomic mass is 9.95. The molecular weight excluding hydrogens is 338 g/mol. The summed E-state index contributed by atoms with van der Waals surface area (Å²) in [7, 11) is 0. The summed E-state index contributed by atoms with van der Waals surface area (Å²) in [4.78, 5) is 13.3. The highest BCUT2D eigenvalue weighted by atomic mass is 16.5. The fourth-order valence-corrected chi connectivity index (χ4v) is 3.43. The molecule has 0 atom stereocenters. The van der Waals surface area contributed by atoms with Gasteiger partial charge in [-0.05, 0) is 34.7 Å². The monoisotopic (exact) mass is 367 g/mol. The van der Waals surface area contributed by atoms with E-state index in [4.69, 9.17) is 4.74 Å². The number of aliphatic hydroxyl groups excluding tert-OH is 1. The third kappa shape index (κ3) is 4.01. The van der Waals surface area contributed by atoms with Crippen molar-refractivity contribution in [3.63, 3.8) is 0 Å². The third-order valence-corrected chi connectivity index (χ3v) is 4.72. The van der Waals surface area contributed by atoms with Gasteiger partial charge in [-0.2, -0.15) is 0 Å². The van der Waals surface area contributed by atoms with Crippen molar-refractivity contribution < 1.29 is 9.84 Å². The topological polar surface area (TPSA) is 51.5 Å². The lowest BCUT2D eigenvalue weighted by Crippen LogP contribution is -2.30. The molecule has 1 heterocycles. The maximum absolute atomic E-state index is 13.3. The number of aromatic nitrogens is 1. The first-order valence-corrected chi connectivity index (χ1v) is 9.67. The summed E-state index contributed by atoms with van der Waals surface area (Å²) < 4.78 is 7.81. The summed E-state index contributed by atoms with van der Waals surface area (Å²) in [5, 5.41) is 13.6. The zero-order chi connectivity index (χ0) is 19.6. The molecule has 3 aromatic rings. The van der Waals surface area contributed by atoms with Gasteiger partial charge in [-0.3, -0.25) is 4.79 Å². The van der Waals surface area contributed by atoms with E-state index in [1.165, 1.54) is 0 Å². The Kier molecular flexibility index (Phi) is 5.56. The van der Waals surface area contributed by atoms with E-state index in [0.29, 0.717) is 30.0 Å². The summed E-state index contributed by atoms with van der Waals surface area (Å²) in [5.74, 6) is 0.635. The average molecular weight is 367 g/mol. The number of aliphatic hydroxyl groups is 1. The minimum atomic E-state index is -0.227. The fourth-order valence-electron chi connectivity index (χ4n) is 3.43. The van der Waals surface area contributed by atoms with Crippen molar-refractivity contribution in [2.45, 2.75) is 53.7 Å². The predicted molar refractivity (Wildman–Crippen MR) is 111 cm³/mol. The molecular formula is C23H29NO3. The maximum Gasteiger partial charge on any atom is 0.258 e. The van der Waals surface area contributed by atoms with Crippen LogP contribution >= 0.6 is 0 Å². The van der Waals surface area contributed by atoms with Gasteiger partial charge in [-0.15, -0.1) is 0 Å². The van der Waals surface area contributed by atoms with Gasteiger partial charge >= 0.3 is 0 Å². The Bertz CT molecular complexity index is 1010. The first kappa shape index (κ1) is 19.4. The smallest absolute Gasteiger partial charge is 0.258 e. The molecule has 1 N–H and O–H groups in total. The van der Waals surface area contributed by atoms with Crippen molar-refractivity contribution >= 4 is 21.5 Å². The number of unbranched alkanes of at least 4 members (excludes halogenated alkanes) is 1. The number of rotatable bonds is 6. The van der Waals surface area contributed by atoms with Crippen LogP contribution in [0.25, 0.3) is 21.5 Å². The highest BCUT2D eigenvalue weighted by molar-refractivity contribution is 6.00. The van der Waals surface area contributed by atoms with Gasteiger partial charge in [0.05, 0.1) is 24.3 Å². The second-order valence-corrected chi connectivity index (χ2v) is 8.33. The average Bonchev–Trinajstić information content (AvgIpc) is 2.63. The molecule has 0 spiro atoms. The van der Waals surface area contributed by atoms with Gasteiger partial charge in [0.2, 0.25) is 0 Å². The van der Waals surface area contributed by atoms with E-state index in [9.17, 15) is 9.90 Å². The van der Waals surface area contributed by atoms with Gasteiger partial charge in [-0.25, -0.2) is 0 Å². The first-order valence-electron chi connectivity index (χ1n) is 9.67.